The SMILES string of the molecule is C/C(=C\Cc1c(O)c(C)c2c(c1O)C(=O)OC2)CCC(=O)OCCN1CCOCC1.COc1c(C)c2c(c(O)c1C/C=C(\C)CCC(=O)OCCN1CCOCC1)C(=O)OC2. The predicted octanol–water partition coefficient (Wildman–Crippen LogP) is 4.75. The van der Waals surface area contributed by atoms with E-state index in [1.165, 1.54) is 0 Å². The minimum absolute atomic E-state index is 0.0314. The summed E-state index contributed by atoms with van der Waals surface area (Å²) in [6.45, 7) is 16.1. The van der Waals surface area contributed by atoms with Crippen LogP contribution in [0.25, 0.3) is 0 Å². The number of morpholine rings is 2. The second-order valence-corrected chi connectivity index (χ2v) is 15.5. The quantitative estimate of drug-likeness (QED) is 0.112. The minimum atomic E-state index is -0.577. The van der Waals surface area contributed by atoms with Crippen molar-refractivity contribution in [1.29, 1.82) is 0 Å². The van der Waals surface area contributed by atoms with E-state index >= 15 is 0 Å². The van der Waals surface area contributed by atoms with Crippen molar-refractivity contribution in [2.75, 3.05) is 86.0 Å². The van der Waals surface area contributed by atoms with Gasteiger partial charge in [-0.25, -0.2) is 9.59 Å². The van der Waals surface area contributed by atoms with Crippen LogP contribution in [-0.4, -0.2) is 135 Å². The lowest BCUT2D eigenvalue weighted by Crippen LogP contribution is -2.38. The number of fused-ring (bicyclic) bond motifs is 2. The van der Waals surface area contributed by atoms with E-state index in [4.69, 9.17) is 33.2 Å². The summed E-state index contributed by atoms with van der Waals surface area (Å²) in [7, 11) is 1.54. The first-order valence-corrected chi connectivity index (χ1v) is 20.8. The number of cyclic esters (lactones) is 2. The summed E-state index contributed by atoms with van der Waals surface area (Å²) in [4.78, 5) is 52.3. The third kappa shape index (κ3) is 12.5. The van der Waals surface area contributed by atoms with Crippen LogP contribution in [0.2, 0.25) is 0 Å². The largest absolute Gasteiger partial charge is 0.507 e. The Morgan fingerprint density at radius 1 is 0.639 bits per heavy atom. The minimum Gasteiger partial charge on any atom is -0.507 e. The van der Waals surface area contributed by atoms with Crippen LogP contribution in [0, 0.1) is 13.8 Å². The molecular formula is C45H60N2O14. The highest BCUT2D eigenvalue weighted by atomic mass is 16.5. The highest BCUT2D eigenvalue weighted by molar-refractivity contribution is 5.98. The summed E-state index contributed by atoms with van der Waals surface area (Å²) in [6.07, 6.45) is 6.04. The number of ether oxygens (including phenoxy) is 7. The number of carbonyl (C=O) groups excluding carboxylic acids is 4. The second-order valence-electron chi connectivity index (χ2n) is 15.5. The van der Waals surface area contributed by atoms with Gasteiger partial charge in [-0.3, -0.25) is 19.4 Å². The van der Waals surface area contributed by atoms with Gasteiger partial charge in [0.2, 0.25) is 0 Å². The number of hydrogen-bond donors (Lipinski definition) is 3. The summed E-state index contributed by atoms with van der Waals surface area (Å²) >= 11 is 0. The molecule has 3 N–H and O–H groups in total. The number of hydrogen-bond acceptors (Lipinski definition) is 16. The molecule has 2 aromatic rings. The molecule has 0 saturated carbocycles. The van der Waals surface area contributed by atoms with Gasteiger partial charge < -0.3 is 48.5 Å². The molecule has 61 heavy (non-hydrogen) atoms. The molecule has 6 rings (SSSR count). The van der Waals surface area contributed by atoms with Gasteiger partial charge in [0.1, 0.15) is 60.6 Å². The van der Waals surface area contributed by atoms with E-state index in [2.05, 4.69) is 9.80 Å². The molecule has 334 valence electrons. The first-order valence-electron chi connectivity index (χ1n) is 20.8. The van der Waals surface area contributed by atoms with Gasteiger partial charge in [-0.15, -0.1) is 0 Å². The van der Waals surface area contributed by atoms with Crippen LogP contribution in [0.5, 0.6) is 23.0 Å². The van der Waals surface area contributed by atoms with Gasteiger partial charge in [-0.05, 0) is 64.5 Å². The Bertz CT molecular complexity index is 1980. The summed E-state index contributed by atoms with van der Waals surface area (Å²) in [5, 5.41) is 31.5. The molecular weight excluding hydrogens is 792 g/mol. The van der Waals surface area contributed by atoms with Crippen LogP contribution in [0.3, 0.4) is 0 Å². The van der Waals surface area contributed by atoms with Crippen molar-refractivity contribution in [2.45, 2.75) is 79.4 Å². The van der Waals surface area contributed by atoms with Crippen LogP contribution >= 0.6 is 0 Å². The molecule has 0 atom stereocenters. The van der Waals surface area contributed by atoms with Gasteiger partial charge >= 0.3 is 23.9 Å². The molecule has 0 aliphatic carbocycles. The fraction of sp³-hybridized carbons (Fsp3) is 0.556. The molecule has 4 aliphatic rings. The topological polar surface area (TPSA) is 200 Å². The summed E-state index contributed by atoms with van der Waals surface area (Å²) in [5.41, 5.74) is 5.65. The Morgan fingerprint density at radius 2 is 1.07 bits per heavy atom. The number of esters is 4. The van der Waals surface area contributed by atoms with Crippen LogP contribution in [0.4, 0.5) is 0 Å². The molecule has 0 radical (unpaired) electrons. The third-order valence-corrected chi connectivity index (χ3v) is 11.4. The van der Waals surface area contributed by atoms with Crippen LogP contribution in [-0.2, 0) is 64.1 Å². The number of phenols is 3. The fourth-order valence-electron chi connectivity index (χ4n) is 7.52. The highest BCUT2D eigenvalue weighted by Crippen LogP contribution is 2.43. The maximum Gasteiger partial charge on any atom is 0.342 e. The van der Waals surface area contributed by atoms with Gasteiger partial charge in [0.15, 0.2) is 0 Å². The predicted molar refractivity (Wildman–Crippen MR) is 222 cm³/mol. The van der Waals surface area contributed by atoms with Crippen molar-refractivity contribution in [3.8, 4) is 23.0 Å². The van der Waals surface area contributed by atoms with Crippen molar-refractivity contribution in [3.05, 3.63) is 67.8 Å². The number of rotatable bonds is 17. The monoisotopic (exact) mass is 852 g/mol. The molecule has 16 nitrogen and oxygen atoms in total. The third-order valence-electron chi connectivity index (χ3n) is 11.4. The van der Waals surface area contributed by atoms with Crippen molar-refractivity contribution in [3.63, 3.8) is 0 Å². The number of nitrogens with zero attached hydrogens (tertiary/aromatic N) is 2. The molecule has 0 amide bonds. The van der Waals surface area contributed by atoms with E-state index in [9.17, 15) is 34.5 Å². The van der Waals surface area contributed by atoms with Crippen molar-refractivity contribution in [1.82, 2.24) is 9.80 Å². The smallest absolute Gasteiger partial charge is 0.342 e. The van der Waals surface area contributed by atoms with Crippen LogP contribution in [0.1, 0.15) is 93.6 Å². The lowest BCUT2D eigenvalue weighted by Gasteiger charge is -2.26. The van der Waals surface area contributed by atoms with Gasteiger partial charge in [-0.1, -0.05) is 23.3 Å². The number of methoxy groups -OCH3 is 1. The average Bonchev–Trinajstić information content (AvgIpc) is 3.85. The zero-order chi connectivity index (χ0) is 44.1. The van der Waals surface area contributed by atoms with E-state index in [1.54, 1.807) is 14.0 Å². The zero-order valence-electron chi connectivity index (χ0n) is 36.0. The molecule has 16 heteroatoms. The lowest BCUT2D eigenvalue weighted by molar-refractivity contribution is -0.145. The molecule has 2 aromatic carbocycles. The van der Waals surface area contributed by atoms with E-state index in [-0.39, 0.29) is 71.9 Å². The number of phenolic OH excluding ortho intramolecular Hbond substituents is 3. The Hall–Kier alpha value is -5.16. The molecule has 0 unspecified atom stereocenters. The molecule has 0 aromatic heterocycles. The van der Waals surface area contributed by atoms with Crippen LogP contribution in [0.15, 0.2) is 23.3 Å². The van der Waals surface area contributed by atoms with Crippen molar-refractivity contribution >= 4 is 23.9 Å². The van der Waals surface area contributed by atoms with Gasteiger partial charge in [0, 0.05) is 74.4 Å². The first kappa shape index (κ1) is 46.9. The zero-order valence-corrected chi connectivity index (χ0v) is 36.0. The Morgan fingerprint density at radius 3 is 1.52 bits per heavy atom. The lowest BCUT2D eigenvalue weighted by atomic mass is 9.94. The molecule has 2 fully saturated rings. The molecule has 2 saturated heterocycles. The van der Waals surface area contributed by atoms with Gasteiger partial charge in [-0.2, -0.15) is 0 Å². The van der Waals surface area contributed by atoms with E-state index < -0.39 is 11.9 Å². The average molecular weight is 853 g/mol. The first-order chi connectivity index (χ1) is 29.3. The standard InChI is InChI=1S/C23H31NO7.C22H29NO7/c1-15(5-7-19(25)30-13-10-24-8-11-29-12-9-24)4-6-17-21(26)20-18(14-31-23(20)27)16(2)22(17)28-3;1-14(4-6-18(24)29-12-9-23-7-10-28-11-8-23)3-5-16-20(25)15(2)17-13-30-22(27)19(17)21(16)26/h4,26H,5-14H2,1-3H3;3,25-26H,4-13H2,1-2H3/b15-4+;14-3+. The highest BCUT2D eigenvalue weighted by Gasteiger charge is 2.33. The second kappa shape index (κ2) is 22.6. The maximum absolute atomic E-state index is 12.0. The Kier molecular flexibility index (Phi) is 17.4. The number of carbonyl (C=O) groups is 4. The maximum atomic E-state index is 12.0. The number of benzene rings is 2. The molecule has 0 bridgehead atoms. The summed E-state index contributed by atoms with van der Waals surface area (Å²) < 4.78 is 36.8. The normalized spacial score (nSPS) is 16.9. The Labute approximate surface area is 356 Å². The summed E-state index contributed by atoms with van der Waals surface area (Å²) in [5.74, 6) is -1.37. The van der Waals surface area contributed by atoms with E-state index in [0.717, 1.165) is 62.6 Å². The number of allylic oxidation sites excluding steroid dienone is 4. The van der Waals surface area contributed by atoms with Gasteiger partial charge in [0.25, 0.3) is 0 Å². The van der Waals surface area contributed by atoms with Gasteiger partial charge in [0.05, 0.1) is 33.5 Å². The molecule has 4 heterocycles. The molecule has 0 spiro atoms. The molecule has 4 aliphatic heterocycles. The van der Waals surface area contributed by atoms with E-state index in [0.29, 0.717) is 86.7 Å². The van der Waals surface area contributed by atoms with Crippen molar-refractivity contribution in [2.24, 2.45) is 0 Å². The van der Waals surface area contributed by atoms with Crippen molar-refractivity contribution < 1.29 is 67.7 Å². The van der Waals surface area contributed by atoms with E-state index in [1.807, 2.05) is 32.9 Å². The summed E-state index contributed by atoms with van der Waals surface area (Å²) in [6, 6.07) is 0. The van der Waals surface area contributed by atoms with Crippen LogP contribution < -0.4 is 4.74 Å². The number of aromatic hydroxyl groups is 3. The fourth-order valence-corrected chi connectivity index (χ4v) is 7.52. The Balaban J connectivity index is 0.000000231.